The molecule has 7 nitrogen and oxygen atoms in total. The van der Waals surface area contributed by atoms with Gasteiger partial charge in [0.05, 0.1) is 17.7 Å². The van der Waals surface area contributed by atoms with E-state index in [1.165, 1.54) is 6.42 Å². The summed E-state index contributed by atoms with van der Waals surface area (Å²) in [7, 11) is 0. The van der Waals surface area contributed by atoms with Crippen molar-refractivity contribution in [2.24, 2.45) is 0 Å². The summed E-state index contributed by atoms with van der Waals surface area (Å²) in [6.45, 7) is 4.27. The van der Waals surface area contributed by atoms with Gasteiger partial charge in [-0.2, -0.15) is 4.98 Å². The number of aromatic nitrogens is 3. The maximum atomic E-state index is 13.3. The average molecular weight is 418 g/mol. The number of aryl methyl sites for hydroxylation is 1. The van der Waals surface area contributed by atoms with Gasteiger partial charge in [-0.05, 0) is 56.7 Å². The molecule has 0 unspecified atom stereocenters. The Morgan fingerprint density at radius 2 is 1.74 bits per heavy atom. The van der Waals surface area contributed by atoms with Crippen LogP contribution in [0.3, 0.4) is 0 Å². The van der Waals surface area contributed by atoms with Crippen LogP contribution in [-0.4, -0.2) is 40.4 Å². The van der Waals surface area contributed by atoms with E-state index in [-0.39, 0.29) is 11.3 Å². The zero-order valence-electron chi connectivity index (χ0n) is 17.7. The van der Waals surface area contributed by atoms with Crippen LogP contribution >= 0.6 is 0 Å². The maximum absolute atomic E-state index is 13.3. The molecule has 2 aliphatic rings. The first-order chi connectivity index (χ1) is 15.2. The number of hydrogen-bond acceptors (Lipinski definition) is 6. The van der Waals surface area contributed by atoms with E-state index >= 15 is 0 Å². The predicted octanol–water partition coefficient (Wildman–Crippen LogP) is 3.89. The van der Waals surface area contributed by atoms with Crippen LogP contribution in [0.1, 0.15) is 55.1 Å². The zero-order chi connectivity index (χ0) is 21.4. The normalized spacial score (nSPS) is 16.4. The molecule has 160 valence electrons. The van der Waals surface area contributed by atoms with E-state index in [4.69, 9.17) is 14.7 Å². The smallest absolute Gasteiger partial charge is 0.262 e. The van der Waals surface area contributed by atoms with Crippen molar-refractivity contribution in [3.05, 3.63) is 45.9 Å². The molecule has 0 bridgehead atoms. The number of ketones is 1. The highest BCUT2D eigenvalue weighted by atomic mass is 16.5. The van der Waals surface area contributed by atoms with Gasteiger partial charge in [-0.3, -0.25) is 14.6 Å². The molecular weight excluding hydrogens is 392 g/mol. The van der Waals surface area contributed by atoms with Crippen LogP contribution in [0.15, 0.2) is 29.1 Å². The number of pyridine rings is 1. The number of fused-ring (bicyclic) bond motifs is 2. The summed E-state index contributed by atoms with van der Waals surface area (Å²) in [4.78, 5) is 40.8. The van der Waals surface area contributed by atoms with Gasteiger partial charge < -0.3 is 9.64 Å². The fraction of sp³-hybridized carbons (Fsp3) is 0.417. The standard InChI is InChI=1S/C24H26N4O3/c1-2-31-16-11-9-15(10-12-16)19-20-17(7-6-8-18(20)29)25-22-21(19)23(30)27-24(26-22)28-13-4-3-5-14-28/h9-12H,2-8,13-14H2,1H3,(H,25,26,27,30). The Kier molecular flexibility index (Phi) is 5.18. The van der Waals surface area contributed by atoms with Crippen molar-refractivity contribution >= 4 is 22.8 Å². The average Bonchev–Trinajstić information content (AvgIpc) is 2.79. The van der Waals surface area contributed by atoms with E-state index in [2.05, 4.69) is 9.88 Å². The number of ether oxygens (including phenoxy) is 1. The number of rotatable bonds is 4. The first-order valence-electron chi connectivity index (χ1n) is 11.1. The summed E-state index contributed by atoms with van der Waals surface area (Å²) in [6, 6.07) is 7.54. The lowest BCUT2D eigenvalue weighted by molar-refractivity contribution is 0.0972. The van der Waals surface area contributed by atoms with Gasteiger partial charge in [-0.15, -0.1) is 0 Å². The van der Waals surface area contributed by atoms with Crippen molar-refractivity contribution in [3.8, 4) is 16.9 Å². The van der Waals surface area contributed by atoms with Gasteiger partial charge in [-0.25, -0.2) is 4.98 Å². The van der Waals surface area contributed by atoms with Gasteiger partial charge in [0.25, 0.3) is 5.56 Å². The maximum Gasteiger partial charge on any atom is 0.262 e. The molecule has 31 heavy (non-hydrogen) atoms. The van der Waals surface area contributed by atoms with Gasteiger partial charge in [0.1, 0.15) is 5.75 Å². The Morgan fingerprint density at radius 3 is 2.48 bits per heavy atom. The molecule has 0 saturated carbocycles. The van der Waals surface area contributed by atoms with E-state index in [0.29, 0.717) is 47.6 Å². The van der Waals surface area contributed by atoms with Gasteiger partial charge in [-0.1, -0.05) is 12.1 Å². The van der Waals surface area contributed by atoms with Gasteiger partial charge >= 0.3 is 0 Å². The molecule has 0 radical (unpaired) electrons. The quantitative estimate of drug-likeness (QED) is 0.691. The number of benzene rings is 1. The minimum Gasteiger partial charge on any atom is -0.494 e. The van der Waals surface area contributed by atoms with Crippen LogP contribution in [-0.2, 0) is 6.42 Å². The lowest BCUT2D eigenvalue weighted by Crippen LogP contribution is -2.32. The molecule has 0 amide bonds. The Bertz CT molecular complexity index is 1190. The Labute approximate surface area is 180 Å². The summed E-state index contributed by atoms with van der Waals surface area (Å²) in [5.41, 5.74) is 2.94. The van der Waals surface area contributed by atoms with Crippen LogP contribution < -0.4 is 15.2 Å². The van der Waals surface area contributed by atoms with Crippen LogP contribution in [0.2, 0.25) is 0 Å². The van der Waals surface area contributed by atoms with Crippen LogP contribution in [0.5, 0.6) is 5.75 Å². The molecular formula is C24H26N4O3. The van der Waals surface area contributed by atoms with Crippen LogP contribution in [0.4, 0.5) is 5.95 Å². The lowest BCUT2D eigenvalue weighted by Gasteiger charge is -2.27. The summed E-state index contributed by atoms with van der Waals surface area (Å²) in [6.07, 6.45) is 5.34. The summed E-state index contributed by atoms with van der Waals surface area (Å²) in [5.74, 6) is 1.37. The fourth-order valence-electron chi connectivity index (χ4n) is 4.66. The number of nitrogens with zero attached hydrogens (tertiary/aromatic N) is 3. The number of carbonyl (C=O) groups excluding carboxylic acids is 1. The van der Waals surface area contributed by atoms with Crippen molar-refractivity contribution in [3.63, 3.8) is 0 Å². The molecule has 3 aromatic rings. The first kappa shape index (κ1) is 19.7. The van der Waals surface area contributed by atoms with Crippen molar-refractivity contribution in [2.45, 2.75) is 45.4 Å². The van der Waals surface area contributed by atoms with Gasteiger partial charge in [0, 0.05) is 30.6 Å². The fourth-order valence-corrected chi connectivity index (χ4v) is 4.66. The number of aromatic amines is 1. The molecule has 0 atom stereocenters. The predicted molar refractivity (Wildman–Crippen MR) is 120 cm³/mol. The molecule has 1 aliphatic carbocycles. The summed E-state index contributed by atoms with van der Waals surface area (Å²) < 4.78 is 5.56. The SMILES string of the molecule is CCOc1ccc(-c2c3c(nc4nc(N5CCCCC5)[nH]c(=O)c24)CCCC3=O)cc1. The second kappa shape index (κ2) is 8.13. The second-order valence-corrected chi connectivity index (χ2v) is 8.18. The number of piperidine rings is 1. The highest BCUT2D eigenvalue weighted by Crippen LogP contribution is 2.35. The Balaban J connectivity index is 1.74. The molecule has 1 aromatic carbocycles. The molecule has 5 rings (SSSR count). The van der Waals surface area contributed by atoms with Crippen LogP contribution in [0, 0.1) is 0 Å². The molecule has 7 heteroatoms. The molecule has 0 spiro atoms. The monoisotopic (exact) mass is 418 g/mol. The van der Waals surface area contributed by atoms with E-state index in [0.717, 1.165) is 49.4 Å². The molecule has 1 aliphatic heterocycles. The van der Waals surface area contributed by atoms with Crippen molar-refractivity contribution in [1.29, 1.82) is 0 Å². The number of H-pyrrole nitrogens is 1. The molecule has 3 heterocycles. The summed E-state index contributed by atoms with van der Waals surface area (Å²) in [5, 5.41) is 0.388. The number of anilines is 1. The third-order valence-corrected chi connectivity index (χ3v) is 6.12. The molecule has 1 fully saturated rings. The minimum absolute atomic E-state index is 0.0408. The summed E-state index contributed by atoms with van der Waals surface area (Å²) >= 11 is 0. The first-order valence-corrected chi connectivity index (χ1v) is 11.1. The number of nitrogens with one attached hydrogen (secondary N) is 1. The third-order valence-electron chi connectivity index (χ3n) is 6.12. The van der Waals surface area contributed by atoms with E-state index < -0.39 is 0 Å². The topological polar surface area (TPSA) is 88.2 Å². The van der Waals surface area contributed by atoms with Gasteiger partial charge in [0.15, 0.2) is 11.4 Å². The van der Waals surface area contributed by atoms with Crippen molar-refractivity contribution in [1.82, 2.24) is 15.0 Å². The van der Waals surface area contributed by atoms with Crippen molar-refractivity contribution < 1.29 is 9.53 Å². The van der Waals surface area contributed by atoms with E-state index in [1.807, 2.05) is 31.2 Å². The number of hydrogen-bond donors (Lipinski definition) is 1. The molecule has 1 N–H and O–H groups in total. The second-order valence-electron chi connectivity index (χ2n) is 8.18. The minimum atomic E-state index is -0.247. The Hall–Kier alpha value is -3.22. The number of Topliss-reactive ketones (excluding diaryl/α,β-unsaturated/α-hetero) is 1. The van der Waals surface area contributed by atoms with Crippen LogP contribution in [0.25, 0.3) is 22.2 Å². The van der Waals surface area contributed by atoms with Crippen molar-refractivity contribution in [2.75, 3.05) is 24.6 Å². The number of carbonyl (C=O) groups is 1. The molecule has 2 aromatic heterocycles. The van der Waals surface area contributed by atoms with Gasteiger partial charge in [0.2, 0.25) is 5.95 Å². The van der Waals surface area contributed by atoms with E-state index in [1.54, 1.807) is 0 Å². The van der Waals surface area contributed by atoms with E-state index in [9.17, 15) is 9.59 Å². The Morgan fingerprint density at radius 1 is 0.968 bits per heavy atom. The lowest BCUT2D eigenvalue weighted by atomic mass is 9.87. The zero-order valence-corrected chi connectivity index (χ0v) is 17.7. The highest BCUT2D eigenvalue weighted by Gasteiger charge is 2.28. The highest BCUT2D eigenvalue weighted by molar-refractivity contribution is 6.10. The third kappa shape index (κ3) is 3.58. The largest absolute Gasteiger partial charge is 0.494 e. The molecule has 1 saturated heterocycles.